The van der Waals surface area contributed by atoms with E-state index in [2.05, 4.69) is 5.48 Å². The first kappa shape index (κ1) is 13.0. The van der Waals surface area contributed by atoms with Crippen molar-refractivity contribution in [1.29, 1.82) is 0 Å². The third-order valence-corrected chi connectivity index (χ3v) is 2.86. The predicted molar refractivity (Wildman–Crippen MR) is 59.1 cm³/mol. The van der Waals surface area contributed by atoms with Crippen LogP contribution in [0.5, 0.6) is 0 Å². The van der Waals surface area contributed by atoms with E-state index < -0.39 is 5.91 Å². The smallest absolute Gasteiger partial charge is 0.246 e. The predicted octanol–water partition coefficient (Wildman–Crippen LogP) is 0.880. The lowest BCUT2D eigenvalue weighted by atomic mass is 9.91. The quantitative estimate of drug-likeness (QED) is 0.701. The molecule has 92 valence electrons. The largest absolute Gasteiger partial charge is 0.368 e. The molecule has 0 heterocycles. The number of primary amides is 1. The molecule has 2 amide bonds. The molecule has 1 fully saturated rings. The summed E-state index contributed by atoms with van der Waals surface area (Å²) in [4.78, 5) is 26.8. The van der Waals surface area contributed by atoms with Crippen LogP contribution in [0.1, 0.15) is 44.9 Å². The van der Waals surface area contributed by atoms with Crippen molar-refractivity contribution < 1.29 is 14.4 Å². The van der Waals surface area contributed by atoms with Gasteiger partial charge in [0.15, 0.2) is 6.61 Å². The van der Waals surface area contributed by atoms with Crippen LogP contribution in [0.4, 0.5) is 0 Å². The van der Waals surface area contributed by atoms with Crippen LogP contribution in [0.25, 0.3) is 0 Å². The lowest BCUT2D eigenvalue weighted by Gasteiger charge is -2.18. The Morgan fingerprint density at radius 2 is 1.69 bits per heavy atom. The maximum Gasteiger partial charge on any atom is 0.246 e. The van der Waals surface area contributed by atoms with E-state index in [1.54, 1.807) is 0 Å². The Balaban J connectivity index is 2.24. The molecular formula is C11H20N2O3. The first-order chi connectivity index (χ1) is 7.70. The van der Waals surface area contributed by atoms with Gasteiger partial charge in [-0.15, -0.1) is 0 Å². The van der Waals surface area contributed by atoms with E-state index in [0.717, 1.165) is 25.7 Å². The molecule has 0 aromatic rings. The van der Waals surface area contributed by atoms with Gasteiger partial charge in [0.05, 0.1) is 0 Å². The minimum Gasteiger partial charge on any atom is -0.368 e. The molecule has 1 aliphatic rings. The summed E-state index contributed by atoms with van der Waals surface area (Å²) >= 11 is 0. The van der Waals surface area contributed by atoms with Crippen molar-refractivity contribution in [2.45, 2.75) is 44.9 Å². The van der Waals surface area contributed by atoms with Crippen LogP contribution in [0.2, 0.25) is 0 Å². The molecule has 1 rings (SSSR count). The molecule has 1 aliphatic carbocycles. The molecule has 0 bridgehead atoms. The third kappa shape index (κ3) is 5.11. The van der Waals surface area contributed by atoms with Gasteiger partial charge < -0.3 is 5.73 Å². The molecule has 0 aromatic heterocycles. The zero-order valence-corrected chi connectivity index (χ0v) is 9.54. The van der Waals surface area contributed by atoms with Gasteiger partial charge in [-0.05, 0) is 12.8 Å². The third-order valence-electron chi connectivity index (χ3n) is 2.86. The molecule has 0 aromatic carbocycles. The molecule has 3 N–H and O–H groups in total. The lowest BCUT2D eigenvalue weighted by Crippen LogP contribution is -2.34. The minimum absolute atomic E-state index is 0.0215. The van der Waals surface area contributed by atoms with E-state index in [0.29, 0.717) is 0 Å². The number of hydrogen-bond acceptors (Lipinski definition) is 3. The van der Waals surface area contributed by atoms with Gasteiger partial charge in [0.25, 0.3) is 0 Å². The number of rotatable bonds is 4. The van der Waals surface area contributed by atoms with Gasteiger partial charge in [-0.3, -0.25) is 14.4 Å². The van der Waals surface area contributed by atoms with Crippen LogP contribution < -0.4 is 11.2 Å². The molecule has 5 nitrogen and oxygen atoms in total. The average Bonchev–Trinajstić information content (AvgIpc) is 2.15. The van der Waals surface area contributed by atoms with Crippen molar-refractivity contribution in [2.24, 2.45) is 11.7 Å². The van der Waals surface area contributed by atoms with Crippen molar-refractivity contribution in [3.63, 3.8) is 0 Å². The molecule has 0 radical (unpaired) electrons. The molecule has 5 heteroatoms. The van der Waals surface area contributed by atoms with E-state index in [4.69, 9.17) is 10.6 Å². The van der Waals surface area contributed by atoms with E-state index in [9.17, 15) is 9.59 Å². The summed E-state index contributed by atoms with van der Waals surface area (Å²) < 4.78 is 0. The Morgan fingerprint density at radius 3 is 2.25 bits per heavy atom. The van der Waals surface area contributed by atoms with Crippen LogP contribution >= 0.6 is 0 Å². The van der Waals surface area contributed by atoms with Gasteiger partial charge in [-0.2, -0.15) is 0 Å². The monoisotopic (exact) mass is 228 g/mol. The summed E-state index contributed by atoms with van der Waals surface area (Å²) in [7, 11) is 0. The summed E-state index contributed by atoms with van der Waals surface area (Å²) in [5.41, 5.74) is 7.18. The van der Waals surface area contributed by atoms with Gasteiger partial charge in [-0.25, -0.2) is 5.48 Å². The summed E-state index contributed by atoms with van der Waals surface area (Å²) in [6.07, 6.45) is 7.67. The second-order valence-electron chi connectivity index (χ2n) is 4.26. The van der Waals surface area contributed by atoms with E-state index in [-0.39, 0.29) is 18.4 Å². The Labute approximate surface area is 95.7 Å². The van der Waals surface area contributed by atoms with Gasteiger partial charge in [0, 0.05) is 5.92 Å². The van der Waals surface area contributed by atoms with Gasteiger partial charge in [0.1, 0.15) is 0 Å². The summed E-state index contributed by atoms with van der Waals surface area (Å²) in [6, 6.07) is 0. The first-order valence-electron chi connectivity index (χ1n) is 5.90. The maximum atomic E-state index is 11.7. The Kier molecular flexibility index (Phi) is 5.85. The number of nitrogens with two attached hydrogens (primary N) is 1. The van der Waals surface area contributed by atoms with E-state index in [1.807, 2.05) is 0 Å². The van der Waals surface area contributed by atoms with Gasteiger partial charge >= 0.3 is 0 Å². The number of carbonyl (C=O) groups excluding carboxylic acids is 2. The highest BCUT2D eigenvalue weighted by atomic mass is 16.7. The normalized spacial score (nSPS) is 18.5. The van der Waals surface area contributed by atoms with Crippen molar-refractivity contribution in [3.8, 4) is 0 Å². The number of hydroxylamine groups is 1. The number of carbonyl (C=O) groups is 2. The van der Waals surface area contributed by atoms with Crippen LogP contribution in [0, 0.1) is 5.92 Å². The van der Waals surface area contributed by atoms with Crippen LogP contribution in [-0.4, -0.2) is 18.4 Å². The van der Waals surface area contributed by atoms with Crippen LogP contribution in [-0.2, 0) is 14.4 Å². The van der Waals surface area contributed by atoms with Crippen LogP contribution in [0.15, 0.2) is 0 Å². The van der Waals surface area contributed by atoms with Crippen LogP contribution in [0.3, 0.4) is 0 Å². The average molecular weight is 228 g/mol. The standard InChI is InChI=1S/C11H20N2O3/c12-10(14)8-16-13-11(15)9-6-4-2-1-3-5-7-9/h9H,1-8H2,(H2,12,14)(H,13,15). The highest BCUT2D eigenvalue weighted by Gasteiger charge is 2.19. The zero-order valence-electron chi connectivity index (χ0n) is 9.54. The molecular weight excluding hydrogens is 208 g/mol. The fourth-order valence-electron chi connectivity index (χ4n) is 1.98. The lowest BCUT2D eigenvalue weighted by molar-refractivity contribution is -0.141. The van der Waals surface area contributed by atoms with Crippen molar-refractivity contribution in [2.75, 3.05) is 6.61 Å². The molecule has 0 atom stereocenters. The SMILES string of the molecule is NC(=O)CONC(=O)C1CCCCCCC1. The number of amides is 2. The molecule has 0 spiro atoms. The maximum absolute atomic E-state index is 11.7. The Hall–Kier alpha value is -1.10. The second kappa shape index (κ2) is 7.22. The molecule has 1 saturated carbocycles. The fraction of sp³-hybridized carbons (Fsp3) is 0.818. The van der Waals surface area contributed by atoms with Crippen molar-refractivity contribution >= 4 is 11.8 Å². The highest BCUT2D eigenvalue weighted by Crippen LogP contribution is 2.22. The fourth-order valence-corrected chi connectivity index (χ4v) is 1.98. The Bertz CT molecular complexity index is 235. The van der Waals surface area contributed by atoms with Crippen molar-refractivity contribution in [3.05, 3.63) is 0 Å². The summed E-state index contributed by atoms with van der Waals surface area (Å²) in [5.74, 6) is -0.686. The molecule has 0 unspecified atom stereocenters. The number of hydrogen-bond donors (Lipinski definition) is 2. The van der Waals surface area contributed by atoms with E-state index >= 15 is 0 Å². The minimum atomic E-state index is -0.585. The zero-order chi connectivity index (χ0) is 11.8. The highest BCUT2D eigenvalue weighted by molar-refractivity contribution is 5.78. The van der Waals surface area contributed by atoms with Gasteiger partial charge in [-0.1, -0.05) is 32.1 Å². The molecule has 0 aliphatic heterocycles. The first-order valence-corrected chi connectivity index (χ1v) is 5.90. The molecule has 0 saturated heterocycles. The van der Waals surface area contributed by atoms with Crippen molar-refractivity contribution in [1.82, 2.24) is 5.48 Å². The second-order valence-corrected chi connectivity index (χ2v) is 4.26. The van der Waals surface area contributed by atoms with E-state index in [1.165, 1.54) is 19.3 Å². The van der Waals surface area contributed by atoms with Gasteiger partial charge in [0.2, 0.25) is 11.8 Å². The molecule has 16 heavy (non-hydrogen) atoms. The topological polar surface area (TPSA) is 81.4 Å². The number of nitrogens with one attached hydrogen (secondary N) is 1. The Morgan fingerprint density at radius 1 is 1.12 bits per heavy atom. The summed E-state index contributed by atoms with van der Waals surface area (Å²) in [5, 5.41) is 0. The summed E-state index contributed by atoms with van der Waals surface area (Å²) in [6.45, 7) is -0.265.